The number of aromatic nitrogens is 1. The molecule has 0 radical (unpaired) electrons. The van der Waals surface area contributed by atoms with Crippen LogP contribution in [0.4, 0.5) is 17.2 Å². The highest BCUT2D eigenvalue weighted by Gasteiger charge is 2.18. The molecule has 1 fully saturated rings. The third-order valence-corrected chi connectivity index (χ3v) is 6.04. The minimum Gasteiger partial charge on any atom is -0.478 e. The van der Waals surface area contributed by atoms with Crippen LogP contribution in [0.15, 0.2) is 59.6 Å². The van der Waals surface area contributed by atoms with Gasteiger partial charge in [0.05, 0.1) is 13.2 Å². The first-order valence-corrected chi connectivity index (χ1v) is 11.2. The summed E-state index contributed by atoms with van der Waals surface area (Å²) < 4.78 is 5.85. The first-order valence-electron chi connectivity index (χ1n) is 11.2. The van der Waals surface area contributed by atoms with Gasteiger partial charge >= 0.3 is 0 Å². The molecule has 0 atom stereocenters. The van der Waals surface area contributed by atoms with Gasteiger partial charge in [-0.2, -0.15) is 4.98 Å². The van der Waals surface area contributed by atoms with Crippen LogP contribution < -0.4 is 15.0 Å². The van der Waals surface area contributed by atoms with Crippen molar-refractivity contribution in [2.45, 2.75) is 12.8 Å². The van der Waals surface area contributed by atoms with Crippen molar-refractivity contribution in [2.24, 2.45) is 4.99 Å². The second-order valence-corrected chi connectivity index (χ2v) is 8.09. The van der Waals surface area contributed by atoms with E-state index in [4.69, 9.17) is 4.74 Å². The van der Waals surface area contributed by atoms with E-state index < -0.39 is 0 Å². The molecule has 1 aromatic heterocycles. The van der Waals surface area contributed by atoms with E-state index in [1.54, 1.807) is 0 Å². The number of pyridine rings is 1. The number of benzene rings is 2. The third-order valence-electron chi connectivity index (χ3n) is 6.04. The zero-order valence-corrected chi connectivity index (χ0v) is 17.8. The number of hydrogen-bond acceptors (Lipinski definition) is 6. The van der Waals surface area contributed by atoms with Crippen molar-refractivity contribution in [1.29, 1.82) is 0 Å². The lowest BCUT2D eigenvalue weighted by atomic mass is 10.1. The van der Waals surface area contributed by atoms with E-state index in [0.717, 1.165) is 63.6 Å². The molecule has 2 aliphatic rings. The van der Waals surface area contributed by atoms with Crippen molar-refractivity contribution >= 4 is 34.2 Å². The second-order valence-electron chi connectivity index (χ2n) is 8.09. The van der Waals surface area contributed by atoms with Crippen molar-refractivity contribution < 1.29 is 4.74 Å². The van der Waals surface area contributed by atoms with Gasteiger partial charge in [-0.1, -0.05) is 36.4 Å². The van der Waals surface area contributed by atoms with Crippen LogP contribution in [-0.2, 0) is 0 Å². The molecule has 6 nitrogen and oxygen atoms in total. The molecule has 0 bridgehead atoms. The number of rotatable bonds is 7. The molecule has 0 unspecified atom stereocenters. The monoisotopic (exact) mass is 415 g/mol. The minimum absolute atomic E-state index is 0.673. The molecule has 2 aliphatic heterocycles. The Morgan fingerprint density at radius 1 is 0.903 bits per heavy atom. The molecule has 0 saturated carbocycles. The molecule has 6 heteroatoms. The highest BCUT2D eigenvalue weighted by atomic mass is 16.5. The highest BCUT2D eigenvalue weighted by molar-refractivity contribution is 5.94. The number of unbranched alkanes of at least 4 members (excludes halogenated alkanes) is 1. The summed E-state index contributed by atoms with van der Waals surface area (Å²) in [5.41, 5.74) is 2.24. The number of hydrogen-bond donors (Lipinski definition) is 1. The summed E-state index contributed by atoms with van der Waals surface area (Å²) in [5, 5.41) is 5.90. The highest BCUT2D eigenvalue weighted by Crippen LogP contribution is 2.28. The third kappa shape index (κ3) is 4.64. The maximum Gasteiger partial charge on any atom is 0.215 e. The zero-order valence-electron chi connectivity index (χ0n) is 17.8. The van der Waals surface area contributed by atoms with Gasteiger partial charge < -0.3 is 15.0 Å². The van der Waals surface area contributed by atoms with E-state index in [0.29, 0.717) is 12.5 Å². The lowest BCUT2D eigenvalue weighted by Gasteiger charge is -2.36. The molecule has 0 spiro atoms. The molecule has 1 saturated heterocycles. The van der Waals surface area contributed by atoms with Crippen LogP contribution >= 0.6 is 0 Å². The maximum atomic E-state index is 5.85. The van der Waals surface area contributed by atoms with Gasteiger partial charge in [-0.3, -0.25) is 9.89 Å². The van der Waals surface area contributed by atoms with E-state index in [1.807, 2.05) is 18.3 Å². The van der Waals surface area contributed by atoms with Crippen molar-refractivity contribution in [3.05, 3.63) is 54.6 Å². The van der Waals surface area contributed by atoms with Crippen LogP contribution in [0.5, 0.6) is 5.88 Å². The van der Waals surface area contributed by atoms with E-state index >= 15 is 0 Å². The average molecular weight is 416 g/mol. The Morgan fingerprint density at radius 3 is 2.71 bits per heavy atom. The van der Waals surface area contributed by atoms with E-state index in [2.05, 4.69) is 67.6 Å². The maximum absolute atomic E-state index is 5.85. The molecule has 3 aromatic rings. The van der Waals surface area contributed by atoms with Crippen LogP contribution in [0, 0.1) is 0 Å². The Morgan fingerprint density at radius 2 is 1.77 bits per heavy atom. The predicted molar refractivity (Wildman–Crippen MR) is 128 cm³/mol. The fourth-order valence-corrected chi connectivity index (χ4v) is 4.35. The molecule has 0 amide bonds. The second kappa shape index (κ2) is 9.35. The number of aliphatic imine (C=N–C) groups is 1. The molecule has 3 heterocycles. The van der Waals surface area contributed by atoms with Crippen LogP contribution in [0.3, 0.4) is 0 Å². The molecular formula is C25H29N5O. The molecule has 0 aliphatic carbocycles. The fourth-order valence-electron chi connectivity index (χ4n) is 4.35. The van der Waals surface area contributed by atoms with Crippen LogP contribution in [0.25, 0.3) is 10.8 Å². The number of fused-ring (bicyclic) bond motifs is 2. The molecule has 1 N–H and O–H groups in total. The largest absolute Gasteiger partial charge is 0.478 e. The number of anilines is 2. The number of ether oxygens (including phenoxy) is 1. The Labute approximate surface area is 183 Å². The Hall–Kier alpha value is -3.12. The summed E-state index contributed by atoms with van der Waals surface area (Å²) in [5.74, 6) is 1.48. The standard InChI is InChI=1S/C25H29N5O/c1-2-8-21-20(6-1)7-5-9-23(21)30-17-15-29(16-18-30)14-3-4-19-31-24-11-10-22-25(28-24)27-13-12-26-22/h1-2,5-12H,3-4,13-19H2,(H,27,28). The quantitative estimate of drug-likeness (QED) is 0.582. The number of nitrogens with one attached hydrogen (secondary N) is 1. The van der Waals surface area contributed by atoms with Gasteiger partial charge in [-0.05, 0) is 36.9 Å². The number of nitrogens with zero attached hydrogens (tertiary/aromatic N) is 4. The summed E-state index contributed by atoms with van der Waals surface area (Å²) in [4.78, 5) is 13.9. The first kappa shape index (κ1) is 19.8. The van der Waals surface area contributed by atoms with E-state index in [-0.39, 0.29) is 0 Å². The van der Waals surface area contributed by atoms with Crippen LogP contribution in [0.2, 0.25) is 0 Å². The molecule has 2 aromatic carbocycles. The van der Waals surface area contributed by atoms with E-state index in [9.17, 15) is 0 Å². The molecular weight excluding hydrogens is 386 g/mol. The first-order chi connectivity index (χ1) is 15.4. The van der Waals surface area contributed by atoms with Gasteiger partial charge in [-0.25, -0.2) is 0 Å². The average Bonchev–Trinajstić information content (AvgIpc) is 2.84. The van der Waals surface area contributed by atoms with E-state index in [1.165, 1.54) is 16.5 Å². The normalized spacial score (nSPS) is 16.2. The molecule has 31 heavy (non-hydrogen) atoms. The van der Waals surface area contributed by atoms with Gasteiger partial charge in [0.25, 0.3) is 0 Å². The van der Waals surface area contributed by atoms with Gasteiger partial charge in [0.15, 0.2) is 5.82 Å². The van der Waals surface area contributed by atoms with Gasteiger partial charge in [0, 0.05) is 49.5 Å². The lowest BCUT2D eigenvalue weighted by molar-refractivity contribution is 0.237. The smallest absolute Gasteiger partial charge is 0.215 e. The molecule has 5 rings (SSSR count). The van der Waals surface area contributed by atoms with Crippen molar-refractivity contribution in [1.82, 2.24) is 9.88 Å². The van der Waals surface area contributed by atoms with Gasteiger partial charge in [0.1, 0.15) is 5.69 Å². The Balaban J connectivity index is 1.05. The Kier molecular flexibility index (Phi) is 5.98. The van der Waals surface area contributed by atoms with Crippen molar-refractivity contribution in [2.75, 3.05) is 56.1 Å². The summed E-state index contributed by atoms with van der Waals surface area (Å²) >= 11 is 0. The zero-order chi connectivity index (χ0) is 20.9. The predicted octanol–water partition coefficient (Wildman–Crippen LogP) is 4.34. The summed E-state index contributed by atoms with van der Waals surface area (Å²) in [6.07, 6.45) is 4.03. The van der Waals surface area contributed by atoms with Crippen molar-refractivity contribution in [3.63, 3.8) is 0 Å². The van der Waals surface area contributed by atoms with Crippen molar-refractivity contribution in [3.8, 4) is 5.88 Å². The van der Waals surface area contributed by atoms with Crippen LogP contribution in [0.1, 0.15) is 12.8 Å². The minimum atomic E-state index is 0.673. The van der Waals surface area contributed by atoms with Crippen LogP contribution in [-0.4, -0.2) is 62.0 Å². The summed E-state index contributed by atoms with van der Waals surface area (Å²) in [7, 11) is 0. The summed E-state index contributed by atoms with van der Waals surface area (Å²) in [6, 6.07) is 19.2. The van der Waals surface area contributed by atoms with Gasteiger partial charge in [-0.15, -0.1) is 0 Å². The number of piperazine rings is 1. The van der Waals surface area contributed by atoms with Gasteiger partial charge in [0.2, 0.25) is 5.88 Å². The summed E-state index contributed by atoms with van der Waals surface area (Å²) in [6.45, 7) is 6.94. The molecule has 160 valence electrons. The SMILES string of the molecule is C1=Nc2ccc(OCCCCN3CCN(c4cccc5ccccc45)CC3)nc2NC1. The topological polar surface area (TPSA) is 53.0 Å². The lowest BCUT2D eigenvalue weighted by Crippen LogP contribution is -2.46. The fraction of sp³-hybridized carbons (Fsp3) is 0.360. The Bertz CT molecular complexity index is 1050.